The third kappa shape index (κ3) is 5.62. The molecule has 0 aliphatic carbocycles. The van der Waals surface area contributed by atoms with Gasteiger partial charge in [0.15, 0.2) is 0 Å². The van der Waals surface area contributed by atoms with Crippen molar-refractivity contribution < 1.29 is 14.3 Å². The third-order valence-corrected chi connectivity index (χ3v) is 4.38. The van der Waals surface area contributed by atoms with Crippen LogP contribution in [0.4, 0.5) is 10.5 Å². The molecule has 138 valence electrons. The lowest BCUT2D eigenvalue weighted by Crippen LogP contribution is -2.42. The van der Waals surface area contributed by atoms with Gasteiger partial charge in [-0.2, -0.15) is 0 Å². The molecule has 1 aliphatic heterocycles. The van der Waals surface area contributed by atoms with Crippen molar-refractivity contribution in [1.82, 2.24) is 15.2 Å². The zero-order valence-electron chi connectivity index (χ0n) is 15.2. The third-order valence-electron chi connectivity index (χ3n) is 4.38. The molecule has 0 radical (unpaired) electrons. The number of hydrogen-bond acceptors (Lipinski definition) is 5. The molecule has 1 aliphatic rings. The number of ether oxygens (including phenoxy) is 1. The Kier molecular flexibility index (Phi) is 7.03. The Bertz CT molecular complexity index is 568. The number of nitrogens with one attached hydrogen (secondary N) is 2. The first-order valence-electron chi connectivity index (χ1n) is 8.98. The minimum Gasteiger partial charge on any atom is -0.450 e. The number of anilines is 1. The molecule has 25 heavy (non-hydrogen) atoms. The van der Waals surface area contributed by atoms with Crippen LogP contribution < -0.4 is 10.6 Å². The predicted molar refractivity (Wildman–Crippen MR) is 96.7 cm³/mol. The molecule has 0 bridgehead atoms. The molecule has 1 unspecified atom stereocenters. The smallest absolute Gasteiger partial charge is 0.409 e. The fourth-order valence-corrected chi connectivity index (χ4v) is 2.67. The second kappa shape index (κ2) is 9.25. The van der Waals surface area contributed by atoms with Crippen LogP contribution in [-0.4, -0.2) is 53.7 Å². The normalized spacial score (nSPS) is 16.2. The second-order valence-corrected chi connectivity index (χ2v) is 6.32. The summed E-state index contributed by atoms with van der Waals surface area (Å²) in [5, 5.41) is 6.32. The SMILES string of the molecule is CCOC(=O)N1CCC(Nc2ccc(C(=O)NC(C)CC)nc2)CC1. The van der Waals surface area contributed by atoms with Crippen LogP contribution in [0.3, 0.4) is 0 Å². The van der Waals surface area contributed by atoms with Gasteiger partial charge in [0.05, 0.1) is 18.5 Å². The van der Waals surface area contributed by atoms with Crippen LogP contribution in [0, 0.1) is 0 Å². The van der Waals surface area contributed by atoms with Crippen LogP contribution in [0.15, 0.2) is 18.3 Å². The molecule has 1 fully saturated rings. The highest BCUT2D eigenvalue weighted by atomic mass is 16.6. The highest BCUT2D eigenvalue weighted by Crippen LogP contribution is 2.17. The summed E-state index contributed by atoms with van der Waals surface area (Å²) in [5.41, 5.74) is 1.30. The molecule has 0 saturated carbocycles. The maximum Gasteiger partial charge on any atom is 0.409 e. The number of nitrogens with zero attached hydrogens (tertiary/aromatic N) is 2. The van der Waals surface area contributed by atoms with Crippen LogP contribution >= 0.6 is 0 Å². The molecule has 0 aromatic carbocycles. The van der Waals surface area contributed by atoms with Gasteiger partial charge in [0.2, 0.25) is 0 Å². The molecule has 1 aromatic heterocycles. The van der Waals surface area contributed by atoms with Gasteiger partial charge in [-0.15, -0.1) is 0 Å². The van der Waals surface area contributed by atoms with E-state index in [4.69, 9.17) is 4.74 Å². The maximum atomic E-state index is 12.0. The highest BCUT2D eigenvalue weighted by Gasteiger charge is 2.23. The Labute approximate surface area is 149 Å². The van der Waals surface area contributed by atoms with Crippen molar-refractivity contribution in [2.75, 3.05) is 25.0 Å². The van der Waals surface area contributed by atoms with Crippen molar-refractivity contribution in [2.24, 2.45) is 0 Å². The van der Waals surface area contributed by atoms with Gasteiger partial charge in [0.1, 0.15) is 5.69 Å². The average Bonchev–Trinajstić information content (AvgIpc) is 2.63. The van der Waals surface area contributed by atoms with E-state index >= 15 is 0 Å². The molecule has 1 saturated heterocycles. The number of amides is 2. The van der Waals surface area contributed by atoms with E-state index in [0.717, 1.165) is 24.9 Å². The Morgan fingerprint density at radius 3 is 2.60 bits per heavy atom. The minimum absolute atomic E-state index is 0.136. The van der Waals surface area contributed by atoms with Crippen molar-refractivity contribution in [2.45, 2.75) is 52.1 Å². The first-order valence-corrected chi connectivity index (χ1v) is 8.98. The lowest BCUT2D eigenvalue weighted by Gasteiger charge is -2.32. The van der Waals surface area contributed by atoms with E-state index < -0.39 is 0 Å². The minimum atomic E-state index is -0.237. The first kappa shape index (κ1) is 19.0. The molecular weight excluding hydrogens is 320 g/mol. The van der Waals surface area contributed by atoms with E-state index in [1.54, 1.807) is 17.2 Å². The molecule has 0 spiro atoms. The van der Waals surface area contributed by atoms with Crippen LogP contribution in [-0.2, 0) is 4.74 Å². The van der Waals surface area contributed by atoms with E-state index in [1.165, 1.54) is 0 Å². The fraction of sp³-hybridized carbons (Fsp3) is 0.611. The van der Waals surface area contributed by atoms with Gasteiger partial charge >= 0.3 is 6.09 Å². The van der Waals surface area contributed by atoms with Crippen LogP contribution in [0.25, 0.3) is 0 Å². The van der Waals surface area contributed by atoms with Crippen LogP contribution in [0.5, 0.6) is 0 Å². The number of rotatable bonds is 6. The maximum absolute atomic E-state index is 12.0. The van der Waals surface area contributed by atoms with Crippen LogP contribution in [0.2, 0.25) is 0 Å². The second-order valence-electron chi connectivity index (χ2n) is 6.32. The quantitative estimate of drug-likeness (QED) is 0.826. The zero-order valence-corrected chi connectivity index (χ0v) is 15.2. The molecule has 2 rings (SSSR count). The Morgan fingerprint density at radius 2 is 2.04 bits per heavy atom. The van der Waals surface area contributed by atoms with Gasteiger partial charge in [-0.05, 0) is 45.2 Å². The lowest BCUT2D eigenvalue weighted by atomic mass is 10.1. The Balaban J connectivity index is 1.82. The van der Waals surface area contributed by atoms with E-state index in [9.17, 15) is 9.59 Å². The molecular formula is C18H28N4O3. The summed E-state index contributed by atoms with van der Waals surface area (Å²) in [6.45, 7) is 7.57. The van der Waals surface area contributed by atoms with Gasteiger partial charge in [0.25, 0.3) is 5.91 Å². The van der Waals surface area contributed by atoms with Crippen molar-refractivity contribution in [1.29, 1.82) is 0 Å². The van der Waals surface area contributed by atoms with Crippen LogP contribution in [0.1, 0.15) is 50.5 Å². The fourth-order valence-electron chi connectivity index (χ4n) is 2.67. The first-order chi connectivity index (χ1) is 12.0. The standard InChI is InChI=1S/C18H28N4O3/c1-4-13(3)20-17(23)16-7-6-15(12-19-16)21-14-8-10-22(11-9-14)18(24)25-5-2/h6-7,12-14,21H,4-5,8-11H2,1-3H3,(H,20,23). The molecule has 7 heteroatoms. The number of carbonyl (C=O) groups is 2. The van der Waals surface area contributed by atoms with Crippen molar-refractivity contribution >= 4 is 17.7 Å². The lowest BCUT2D eigenvalue weighted by molar-refractivity contribution is 0.0933. The number of carbonyl (C=O) groups excluding carboxylic acids is 2. The van der Waals surface area contributed by atoms with Gasteiger partial charge in [0, 0.05) is 25.2 Å². The molecule has 2 heterocycles. The predicted octanol–water partition coefficient (Wildman–Crippen LogP) is 2.64. The molecule has 2 N–H and O–H groups in total. The molecule has 7 nitrogen and oxygen atoms in total. The summed E-state index contributed by atoms with van der Waals surface area (Å²) in [4.78, 5) is 29.7. The van der Waals surface area contributed by atoms with Gasteiger partial charge in [-0.3, -0.25) is 4.79 Å². The summed E-state index contributed by atoms with van der Waals surface area (Å²) in [6, 6.07) is 4.02. The van der Waals surface area contributed by atoms with E-state index in [2.05, 4.69) is 15.6 Å². The monoisotopic (exact) mass is 348 g/mol. The van der Waals surface area contributed by atoms with E-state index in [1.807, 2.05) is 26.8 Å². The number of pyridine rings is 1. The zero-order chi connectivity index (χ0) is 18.2. The van der Waals surface area contributed by atoms with Gasteiger partial charge < -0.3 is 20.3 Å². The van der Waals surface area contributed by atoms with Gasteiger partial charge in [-0.1, -0.05) is 6.92 Å². The Hall–Kier alpha value is -2.31. The van der Waals surface area contributed by atoms with Crippen molar-refractivity contribution in [3.8, 4) is 0 Å². The Morgan fingerprint density at radius 1 is 1.32 bits per heavy atom. The van der Waals surface area contributed by atoms with Crippen molar-refractivity contribution in [3.63, 3.8) is 0 Å². The number of hydrogen-bond donors (Lipinski definition) is 2. The van der Waals surface area contributed by atoms with E-state index in [0.29, 0.717) is 25.4 Å². The largest absolute Gasteiger partial charge is 0.450 e. The molecule has 1 atom stereocenters. The highest BCUT2D eigenvalue weighted by molar-refractivity contribution is 5.92. The number of likely N-dealkylation sites (tertiary alicyclic amines) is 1. The van der Waals surface area contributed by atoms with Crippen molar-refractivity contribution in [3.05, 3.63) is 24.0 Å². The summed E-state index contributed by atoms with van der Waals surface area (Å²) in [5.74, 6) is -0.149. The summed E-state index contributed by atoms with van der Waals surface area (Å²) >= 11 is 0. The average molecular weight is 348 g/mol. The summed E-state index contributed by atoms with van der Waals surface area (Å²) in [7, 11) is 0. The molecule has 2 amide bonds. The summed E-state index contributed by atoms with van der Waals surface area (Å²) < 4.78 is 5.02. The van der Waals surface area contributed by atoms with Gasteiger partial charge in [-0.25, -0.2) is 9.78 Å². The molecule has 1 aromatic rings. The topological polar surface area (TPSA) is 83.6 Å². The number of aromatic nitrogens is 1. The summed E-state index contributed by atoms with van der Waals surface area (Å²) in [6.07, 6.45) is 4.04. The number of piperidine rings is 1. The van der Waals surface area contributed by atoms with E-state index in [-0.39, 0.29) is 24.1 Å².